The van der Waals surface area contributed by atoms with Gasteiger partial charge in [0.15, 0.2) is 0 Å². The van der Waals surface area contributed by atoms with Crippen LogP contribution in [0.3, 0.4) is 0 Å². The standard InChI is InChI=1S/C27H32ClN5O3/c1-15(16-8-7-9-21(36-25(29)35)23(16)26(2,3)4)24(34)32-22-10-17(19(28)13-30-22)18-12-31-33-14-27(5,6)11-20(18)33/h7-10,12-13,15H,11,14H2,1-6H3,(H2,29,35)(H,30,32,34). The Balaban J connectivity index is 1.63. The molecular formula is C27H32ClN5O3. The van der Waals surface area contributed by atoms with Crippen molar-refractivity contribution in [3.63, 3.8) is 0 Å². The van der Waals surface area contributed by atoms with Crippen molar-refractivity contribution in [2.24, 2.45) is 11.1 Å². The number of amides is 2. The summed E-state index contributed by atoms with van der Waals surface area (Å²) >= 11 is 6.52. The second-order valence-electron chi connectivity index (χ2n) is 11.2. The number of nitrogens with zero attached hydrogens (tertiary/aromatic N) is 3. The first-order valence-electron chi connectivity index (χ1n) is 11.9. The van der Waals surface area contributed by atoms with Crippen LogP contribution in [0.25, 0.3) is 11.1 Å². The molecule has 3 heterocycles. The maximum absolute atomic E-state index is 13.3. The molecule has 0 radical (unpaired) electrons. The van der Waals surface area contributed by atoms with Gasteiger partial charge in [-0.25, -0.2) is 9.78 Å². The SMILES string of the molecule is CC(C(=O)Nc1cc(-c2cnn3c2CC(C)(C)C3)c(Cl)cn1)c1cccc(OC(N)=O)c1C(C)(C)C. The summed E-state index contributed by atoms with van der Waals surface area (Å²) in [6.45, 7) is 13.0. The van der Waals surface area contributed by atoms with Crippen LogP contribution >= 0.6 is 11.6 Å². The first-order valence-corrected chi connectivity index (χ1v) is 12.3. The predicted octanol–water partition coefficient (Wildman–Crippen LogP) is 5.68. The van der Waals surface area contributed by atoms with Gasteiger partial charge in [0.1, 0.15) is 11.6 Å². The third-order valence-corrected chi connectivity index (χ3v) is 6.75. The van der Waals surface area contributed by atoms with Crippen LogP contribution in [-0.2, 0) is 23.2 Å². The average molecular weight is 510 g/mol. The second kappa shape index (κ2) is 9.24. The van der Waals surface area contributed by atoms with Crippen molar-refractivity contribution < 1.29 is 14.3 Å². The molecule has 1 unspecified atom stereocenters. The van der Waals surface area contributed by atoms with Crippen molar-refractivity contribution in [2.75, 3.05) is 5.32 Å². The van der Waals surface area contributed by atoms with Gasteiger partial charge in [0, 0.05) is 35.1 Å². The van der Waals surface area contributed by atoms with Crippen LogP contribution in [0.5, 0.6) is 5.75 Å². The third-order valence-electron chi connectivity index (χ3n) is 6.45. The summed E-state index contributed by atoms with van der Waals surface area (Å²) in [5.74, 6) is -0.0704. The molecule has 4 rings (SSSR count). The van der Waals surface area contributed by atoms with Crippen LogP contribution in [0.1, 0.15) is 64.3 Å². The lowest BCUT2D eigenvalue weighted by atomic mass is 9.79. The molecule has 9 heteroatoms. The molecule has 0 saturated carbocycles. The number of nitrogens with one attached hydrogen (secondary N) is 1. The number of primary amides is 1. The van der Waals surface area contributed by atoms with Crippen LogP contribution in [0.15, 0.2) is 36.7 Å². The molecule has 1 atom stereocenters. The number of benzene rings is 1. The molecule has 0 spiro atoms. The number of hydrogen-bond acceptors (Lipinski definition) is 5. The fourth-order valence-electron chi connectivity index (χ4n) is 4.87. The zero-order valence-corrected chi connectivity index (χ0v) is 22.2. The summed E-state index contributed by atoms with van der Waals surface area (Å²) in [6, 6.07) is 7.07. The van der Waals surface area contributed by atoms with Gasteiger partial charge in [-0.1, -0.05) is 58.4 Å². The quantitative estimate of drug-likeness (QED) is 0.459. The molecule has 0 bridgehead atoms. The molecule has 0 saturated heterocycles. The van der Waals surface area contributed by atoms with E-state index < -0.39 is 17.4 Å². The zero-order valence-electron chi connectivity index (χ0n) is 21.5. The molecule has 0 fully saturated rings. The van der Waals surface area contributed by atoms with E-state index in [-0.39, 0.29) is 11.3 Å². The van der Waals surface area contributed by atoms with Gasteiger partial charge in [0.2, 0.25) is 5.91 Å². The van der Waals surface area contributed by atoms with Crippen LogP contribution in [0.2, 0.25) is 5.02 Å². The smallest absolute Gasteiger partial charge is 0.409 e. The summed E-state index contributed by atoms with van der Waals surface area (Å²) in [4.78, 5) is 29.1. The Kier molecular flexibility index (Phi) is 6.60. The number of carbonyl (C=O) groups is 2. The van der Waals surface area contributed by atoms with Gasteiger partial charge in [-0.05, 0) is 41.9 Å². The Bertz CT molecular complexity index is 1340. The first-order chi connectivity index (χ1) is 16.8. The minimum atomic E-state index is -0.900. The lowest BCUT2D eigenvalue weighted by Crippen LogP contribution is -2.25. The molecule has 3 N–H and O–H groups in total. The number of halogens is 1. The van der Waals surface area contributed by atoms with Crippen molar-refractivity contribution >= 4 is 29.4 Å². The third kappa shape index (κ3) is 5.09. The molecule has 1 aliphatic heterocycles. The number of rotatable bonds is 5. The number of fused-ring (bicyclic) bond motifs is 1. The normalized spacial score (nSPS) is 15.3. The number of aromatic nitrogens is 3. The fraction of sp³-hybridized carbons (Fsp3) is 0.407. The molecule has 3 aromatic rings. The molecule has 2 amide bonds. The van der Waals surface area contributed by atoms with Gasteiger partial charge in [-0.2, -0.15) is 5.10 Å². The van der Waals surface area contributed by atoms with Crippen molar-refractivity contribution in [1.29, 1.82) is 0 Å². The van der Waals surface area contributed by atoms with Crippen molar-refractivity contribution in [2.45, 2.75) is 65.8 Å². The summed E-state index contributed by atoms with van der Waals surface area (Å²) in [6.07, 6.45) is 3.35. The van der Waals surface area contributed by atoms with Crippen LogP contribution in [0, 0.1) is 5.41 Å². The lowest BCUT2D eigenvalue weighted by molar-refractivity contribution is -0.117. The summed E-state index contributed by atoms with van der Waals surface area (Å²) in [5, 5.41) is 7.95. The first kappa shape index (κ1) is 25.7. The molecule has 1 aromatic carbocycles. The molecule has 190 valence electrons. The monoisotopic (exact) mass is 509 g/mol. The van der Waals surface area contributed by atoms with E-state index in [1.54, 1.807) is 31.3 Å². The lowest BCUT2D eigenvalue weighted by Gasteiger charge is -2.27. The Morgan fingerprint density at radius 2 is 1.94 bits per heavy atom. The Morgan fingerprint density at radius 1 is 1.22 bits per heavy atom. The van der Waals surface area contributed by atoms with E-state index >= 15 is 0 Å². The van der Waals surface area contributed by atoms with Crippen LogP contribution in [-0.4, -0.2) is 26.8 Å². The number of ether oxygens (including phenoxy) is 1. The van der Waals surface area contributed by atoms with Crippen LogP contribution < -0.4 is 15.8 Å². The van der Waals surface area contributed by atoms with Gasteiger partial charge in [-0.15, -0.1) is 0 Å². The van der Waals surface area contributed by atoms with E-state index in [1.165, 1.54) is 0 Å². The Morgan fingerprint density at radius 3 is 2.61 bits per heavy atom. The van der Waals surface area contributed by atoms with E-state index in [2.05, 4.69) is 29.2 Å². The number of pyridine rings is 1. The van der Waals surface area contributed by atoms with Gasteiger partial charge in [0.05, 0.1) is 17.1 Å². The Hall–Kier alpha value is -3.39. The highest BCUT2D eigenvalue weighted by molar-refractivity contribution is 6.33. The van der Waals surface area contributed by atoms with E-state index in [9.17, 15) is 9.59 Å². The van der Waals surface area contributed by atoms with Gasteiger partial charge >= 0.3 is 6.09 Å². The molecule has 0 aliphatic carbocycles. The minimum absolute atomic E-state index is 0.127. The maximum Gasteiger partial charge on any atom is 0.409 e. The number of hydrogen-bond donors (Lipinski definition) is 2. The zero-order chi connectivity index (χ0) is 26.4. The maximum atomic E-state index is 13.3. The highest BCUT2D eigenvalue weighted by atomic mass is 35.5. The molecular weight excluding hydrogens is 478 g/mol. The van der Waals surface area contributed by atoms with E-state index in [4.69, 9.17) is 22.1 Å². The fourth-order valence-corrected chi connectivity index (χ4v) is 5.07. The topological polar surface area (TPSA) is 112 Å². The van der Waals surface area contributed by atoms with Crippen molar-refractivity contribution in [3.05, 3.63) is 58.5 Å². The van der Waals surface area contributed by atoms with E-state index in [0.29, 0.717) is 16.6 Å². The van der Waals surface area contributed by atoms with Gasteiger partial charge in [0.25, 0.3) is 0 Å². The van der Waals surface area contributed by atoms with Gasteiger partial charge in [-0.3, -0.25) is 9.48 Å². The average Bonchev–Trinajstić information content (AvgIpc) is 3.28. The van der Waals surface area contributed by atoms with E-state index in [0.717, 1.165) is 40.9 Å². The second-order valence-corrected chi connectivity index (χ2v) is 11.6. The number of carbonyl (C=O) groups excluding carboxylic acids is 2. The van der Waals surface area contributed by atoms with Gasteiger partial charge < -0.3 is 15.8 Å². The Labute approximate surface area is 216 Å². The predicted molar refractivity (Wildman–Crippen MR) is 140 cm³/mol. The molecule has 1 aliphatic rings. The van der Waals surface area contributed by atoms with E-state index in [1.807, 2.05) is 37.7 Å². The minimum Gasteiger partial charge on any atom is -0.410 e. The molecule has 36 heavy (non-hydrogen) atoms. The van der Waals surface area contributed by atoms with Crippen molar-refractivity contribution in [1.82, 2.24) is 14.8 Å². The summed E-state index contributed by atoms with van der Waals surface area (Å²) in [5.41, 5.74) is 9.33. The highest BCUT2D eigenvalue weighted by Gasteiger charge is 2.32. The number of nitrogens with two attached hydrogens (primary N) is 1. The summed E-state index contributed by atoms with van der Waals surface area (Å²) in [7, 11) is 0. The largest absolute Gasteiger partial charge is 0.410 e. The van der Waals surface area contributed by atoms with Crippen molar-refractivity contribution in [3.8, 4) is 16.9 Å². The molecule has 8 nitrogen and oxygen atoms in total. The number of anilines is 1. The summed E-state index contributed by atoms with van der Waals surface area (Å²) < 4.78 is 7.27. The highest BCUT2D eigenvalue weighted by Crippen LogP contribution is 2.40. The van der Waals surface area contributed by atoms with Crippen LogP contribution in [0.4, 0.5) is 10.6 Å². The molecule has 2 aromatic heterocycles.